The fourth-order valence-corrected chi connectivity index (χ4v) is 5.58. The number of nitrogens with zero attached hydrogens (tertiary/aromatic N) is 4. The van der Waals surface area contributed by atoms with Crippen molar-refractivity contribution in [1.82, 2.24) is 19.0 Å². The van der Waals surface area contributed by atoms with Gasteiger partial charge in [0.25, 0.3) is 5.92 Å². The van der Waals surface area contributed by atoms with E-state index in [4.69, 9.17) is 0 Å². The number of hydrogen-bond donors (Lipinski definition) is 0. The molecule has 1 atom stereocenters. The van der Waals surface area contributed by atoms with Crippen LogP contribution in [0.4, 0.5) is 22.0 Å². The van der Waals surface area contributed by atoms with Gasteiger partial charge in [0.05, 0.1) is 37.9 Å². The molecule has 0 radical (unpaired) electrons. The Morgan fingerprint density at radius 2 is 1.88 bits per heavy atom. The van der Waals surface area contributed by atoms with Gasteiger partial charge >= 0.3 is 0 Å². The molecule has 13 heteroatoms. The van der Waals surface area contributed by atoms with Crippen LogP contribution in [-0.2, 0) is 34.3 Å². The second-order valence-corrected chi connectivity index (χ2v) is 9.91. The van der Waals surface area contributed by atoms with Crippen molar-refractivity contribution in [3.63, 3.8) is 0 Å². The zero-order valence-corrected chi connectivity index (χ0v) is 17.7. The summed E-state index contributed by atoms with van der Waals surface area (Å²) in [7, 11) is -4.26. The molecule has 3 heterocycles. The predicted molar refractivity (Wildman–Crippen MR) is 101 cm³/mol. The van der Waals surface area contributed by atoms with Crippen LogP contribution in [0.15, 0.2) is 23.2 Å². The molecule has 174 valence electrons. The van der Waals surface area contributed by atoms with E-state index in [0.29, 0.717) is 4.31 Å². The second kappa shape index (κ2) is 7.80. The third kappa shape index (κ3) is 3.98. The highest BCUT2D eigenvalue weighted by molar-refractivity contribution is 7.89. The summed E-state index contributed by atoms with van der Waals surface area (Å²) in [6.45, 7) is 0.370. The van der Waals surface area contributed by atoms with Crippen LogP contribution in [0.1, 0.15) is 24.6 Å². The van der Waals surface area contributed by atoms with Crippen LogP contribution in [0.25, 0.3) is 0 Å². The Bertz CT molecular complexity index is 1160. The zero-order chi connectivity index (χ0) is 23.4. The molecule has 1 saturated heterocycles. The third-order valence-corrected chi connectivity index (χ3v) is 7.56. The molecule has 1 aromatic heterocycles. The van der Waals surface area contributed by atoms with Gasteiger partial charge < -0.3 is 4.90 Å². The first kappa shape index (κ1) is 22.6. The van der Waals surface area contributed by atoms with E-state index < -0.39 is 64.7 Å². The number of carbonyl (C=O) groups is 1. The number of amides is 1. The highest BCUT2D eigenvalue weighted by Gasteiger charge is 2.45. The Balaban J connectivity index is 1.58. The quantitative estimate of drug-likeness (QED) is 0.499. The van der Waals surface area contributed by atoms with Gasteiger partial charge in [-0.15, -0.1) is 0 Å². The van der Waals surface area contributed by atoms with Crippen LogP contribution < -0.4 is 0 Å². The van der Waals surface area contributed by atoms with Crippen LogP contribution in [0.3, 0.4) is 0 Å². The van der Waals surface area contributed by atoms with Crippen LogP contribution in [0.5, 0.6) is 0 Å². The first-order valence-electron chi connectivity index (χ1n) is 9.74. The summed E-state index contributed by atoms with van der Waals surface area (Å²) in [5.41, 5.74) is 0.0768. The molecule has 0 unspecified atom stereocenters. The van der Waals surface area contributed by atoms with Gasteiger partial charge in [0.2, 0.25) is 15.9 Å². The lowest BCUT2D eigenvalue weighted by atomic mass is 10.1. The van der Waals surface area contributed by atoms with Crippen LogP contribution in [0.2, 0.25) is 0 Å². The molecule has 2 aliphatic rings. The highest BCUT2D eigenvalue weighted by Crippen LogP contribution is 2.33. The number of benzene rings is 1. The SMILES string of the molecule is C[C@H]1Cn2ncc(S(=O)(=O)N3CCC(F)(F)C3)c2CN1C(=O)Cc1cc(F)c(F)c(F)c1. The Morgan fingerprint density at radius 1 is 1.22 bits per heavy atom. The standard InChI is InChI=1S/C19H19F5N4O3S/c1-11-8-28-15(16(7-25-28)32(30,31)26-3-2-19(23,24)10-26)9-27(11)17(29)6-12-4-13(20)18(22)14(21)5-12/h4-5,7,11H,2-3,6,8-10H2,1H3/t11-/m0/s1. The first-order chi connectivity index (χ1) is 14.9. The minimum atomic E-state index is -4.26. The van der Waals surface area contributed by atoms with Gasteiger partial charge in [-0.05, 0) is 24.6 Å². The van der Waals surface area contributed by atoms with Crippen molar-refractivity contribution in [3.05, 3.63) is 47.0 Å². The third-order valence-electron chi connectivity index (χ3n) is 5.67. The summed E-state index contributed by atoms with van der Waals surface area (Å²) in [5, 5.41) is 4.04. The molecule has 32 heavy (non-hydrogen) atoms. The van der Waals surface area contributed by atoms with E-state index in [1.807, 2.05) is 0 Å². The minimum Gasteiger partial charge on any atom is -0.332 e. The van der Waals surface area contributed by atoms with Gasteiger partial charge in [-0.2, -0.15) is 9.40 Å². The Hall–Kier alpha value is -2.54. The van der Waals surface area contributed by atoms with Crippen LogP contribution >= 0.6 is 0 Å². The Labute approximate surface area is 180 Å². The molecule has 2 aromatic rings. The molecule has 0 N–H and O–H groups in total. The lowest BCUT2D eigenvalue weighted by Gasteiger charge is -2.34. The topological polar surface area (TPSA) is 75.5 Å². The minimum absolute atomic E-state index is 0.0789. The van der Waals surface area contributed by atoms with E-state index in [2.05, 4.69) is 5.10 Å². The number of sulfonamides is 1. The van der Waals surface area contributed by atoms with E-state index in [1.165, 1.54) is 9.58 Å². The fraction of sp³-hybridized carbons (Fsp3) is 0.474. The number of hydrogen-bond acceptors (Lipinski definition) is 4. The van der Waals surface area contributed by atoms with E-state index >= 15 is 0 Å². The number of halogens is 5. The summed E-state index contributed by atoms with van der Waals surface area (Å²) >= 11 is 0. The average Bonchev–Trinajstić information content (AvgIpc) is 3.28. The van der Waals surface area contributed by atoms with Crippen LogP contribution in [-0.4, -0.2) is 58.4 Å². The lowest BCUT2D eigenvalue weighted by molar-refractivity contribution is -0.134. The Morgan fingerprint density at radius 3 is 2.47 bits per heavy atom. The van der Waals surface area contributed by atoms with Gasteiger partial charge in [-0.25, -0.2) is 30.4 Å². The monoisotopic (exact) mass is 478 g/mol. The molecule has 2 aliphatic heterocycles. The molecule has 0 aliphatic carbocycles. The summed E-state index contributed by atoms with van der Waals surface area (Å²) in [6, 6.07) is 1.01. The van der Waals surface area contributed by atoms with Crippen molar-refractivity contribution in [2.45, 2.75) is 49.7 Å². The number of rotatable bonds is 4. The van der Waals surface area contributed by atoms with Crippen molar-refractivity contribution < 1.29 is 35.2 Å². The van der Waals surface area contributed by atoms with Crippen molar-refractivity contribution in [2.75, 3.05) is 13.1 Å². The molecule has 0 bridgehead atoms. The predicted octanol–water partition coefficient (Wildman–Crippen LogP) is 2.30. The molecule has 1 aromatic carbocycles. The smallest absolute Gasteiger partial charge is 0.262 e. The molecular formula is C19H19F5N4O3S. The molecule has 0 saturated carbocycles. The van der Waals surface area contributed by atoms with Crippen molar-refractivity contribution in [1.29, 1.82) is 0 Å². The summed E-state index contributed by atoms with van der Waals surface area (Å²) in [5.74, 6) is -8.16. The molecular weight excluding hydrogens is 459 g/mol. The van der Waals surface area contributed by atoms with Crippen molar-refractivity contribution in [3.8, 4) is 0 Å². The maximum atomic E-state index is 13.6. The van der Waals surface area contributed by atoms with Gasteiger partial charge in [0.15, 0.2) is 17.5 Å². The maximum absolute atomic E-state index is 13.6. The molecule has 0 spiro atoms. The van der Waals surface area contributed by atoms with E-state index in [0.717, 1.165) is 18.3 Å². The van der Waals surface area contributed by atoms with Gasteiger partial charge in [0.1, 0.15) is 4.90 Å². The summed E-state index contributed by atoms with van der Waals surface area (Å²) in [6.07, 6.45) is 0.0573. The summed E-state index contributed by atoms with van der Waals surface area (Å²) in [4.78, 5) is 13.9. The maximum Gasteiger partial charge on any atom is 0.262 e. The molecule has 1 fully saturated rings. The molecule has 1 amide bonds. The zero-order valence-electron chi connectivity index (χ0n) is 16.9. The van der Waals surface area contributed by atoms with Gasteiger partial charge in [0, 0.05) is 19.0 Å². The van der Waals surface area contributed by atoms with Gasteiger partial charge in [-0.3, -0.25) is 9.48 Å². The van der Waals surface area contributed by atoms with Crippen molar-refractivity contribution >= 4 is 15.9 Å². The van der Waals surface area contributed by atoms with Gasteiger partial charge in [-0.1, -0.05) is 0 Å². The molecule has 4 rings (SSSR count). The van der Waals surface area contributed by atoms with Crippen LogP contribution in [0, 0.1) is 17.5 Å². The first-order valence-corrected chi connectivity index (χ1v) is 11.2. The van der Waals surface area contributed by atoms with E-state index in [-0.39, 0.29) is 35.8 Å². The van der Waals surface area contributed by atoms with E-state index in [1.54, 1.807) is 6.92 Å². The number of aromatic nitrogens is 2. The number of fused-ring (bicyclic) bond motifs is 1. The highest BCUT2D eigenvalue weighted by atomic mass is 32.2. The lowest BCUT2D eigenvalue weighted by Crippen LogP contribution is -2.46. The van der Waals surface area contributed by atoms with E-state index in [9.17, 15) is 35.2 Å². The molecule has 7 nitrogen and oxygen atoms in total. The Kier molecular flexibility index (Phi) is 5.52. The second-order valence-electron chi connectivity index (χ2n) is 8.00. The largest absolute Gasteiger partial charge is 0.332 e. The normalized spacial score (nSPS) is 21.1. The average molecular weight is 478 g/mol. The number of alkyl halides is 2. The fourth-order valence-electron chi connectivity index (χ4n) is 3.96. The summed E-state index contributed by atoms with van der Waals surface area (Å²) < 4.78 is 95.2. The van der Waals surface area contributed by atoms with Crippen molar-refractivity contribution in [2.24, 2.45) is 0 Å². The number of carbonyl (C=O) groups excluding carboxylic acids is 1.